The summed E-state index contributed by atoms with van der Waals surface area (Å²) in [7, 11) is 0. The maximum atomic E-state index is 9.00. The fraction of sp³-hybridized carbons (Fsp3) is 0.500. The van der Waals surface area contributed by atoms with Crippen molar-refractivity contribution in [3.63, 3.8) is 0 Å². The summed E-state index contributed by atoms with van der Waals surface area (Å²) >= 11 is 0. The molecule has 2 nitrogen and oxygen atoms in total. The summed E-state index contributed by atoms with van der Waals surface area (Å²) in [6.45, 7) is 1.08. The second-order valence-electron chi connectivity index (χ2n) is 0.519. The van der Waals surface area contributed by atoms with E-state index in [-0.39, 0.29) is 53.8 Å². The molecule has 0 saturated carbocycles. The number of carbonyl (C=O) groups is 1. The second kappa shape index (κ2) is 15.7. The molecule has 7 heavy (non-hydrogen) atoms. The smallest absolute Gasteiger partial charge is 1.00 e. The van der Waals surface area contributed by atoms with E-state index in [1.165, 1.54) is 0 Å². The third kappa shape index (κ3) is 157. The molecule has 0 fully saturated rings. The Bertz CT molecular complexity index is 43.0. The number of aliphatic carboxylic acids is 1. The van der Waals surface area contributed by atoms with Crippen molar-refractivity contribution >= 4 is 5.97 Å². The summed E-state index contributed by atoms with van der Waals surface area (Å²) in [4.78, 5) is 9.00. The van der Waals surface area contributed by atoms with E-state index in [1.54, 1.807) is 0 Å². The summed E-state index contributed by atoms with van der Waals surface area (Å²) in [6, 6.07) is 0. The van der Waals surface area contributed by atoms with Crippen molar-refractivity contribution in [1.82, 2.24) is 0 Å². The number of carboxylic acid groups (broad SMARTS) is 1. The first kappa shape index (κ1) is 24.3. The van der Waals surface area contributed by atoms with E-state index < -0.39 is 5.97 Å². The first-order chi connectivity index (χ1) is 1.73. The van der Waals surface area contributed by atoms with Gasteiger partial charge in [-0.2, -0.15) is 0 Å². The van der Waals surface area contributed by atoms with Gasteiger partial charge < -0.3 is 6.53 Å². The molecule has 0 aromatic heterocycles. The van der Waals surface area contributed by atoms with E-state index in [9.17, 15) is 0 Å². The van der Waals surface area contributed by atoms with Crippen LogP contribution in [0, 0.1) is 0 Å². The van der Waals surface area contributed by atoms with Gasteiger partial charge in [-0.15, -0.1) is 0 Å². The number of carboxylic acids is 1. The molecular formula is C2H5LiMnNiO2. The van der Waals surface area contributed by atoms with Crippen LogP contribution >= 0.6 is 0 Å². The SMILES string of the molecule is CC(=O)O.[H-].[Li+].[Mn].[Ni]. The predicted octanol–water partition coefficient (Wildman–Crippen LogP) is -2.80. The quantitative estimate of drug-likeness (QED) is 0.410. The standard InChI is InChI=1S/C2H4O2.Li.Mn.Ni.H/c1-2(3)4;;;;/h1H3,(H,3,4);;;;/q;+1;;;-1. The number of rotatable bonds is 0. The molecule has 0 unspecified atom stereocenters. The van der Waals surface area contributed by atoms with Crippen molar-refractivity contribution in [2.45, 2.75) is 6.92 Å². The van der Waals surface area contributed by atoms with Crippen LogP contribution in [0.5, 0.6) is 0 Å². The number of hydrogen-bond donors (Lipinski definition) is 1. The zero-order valence-corrected chi connectivity index (χ0v) is 6.22. The van der Waals surface area contributed by atoms with Gasteiger partial charge in [-0.05, 0) is 0 Å². The average molecular weight is 182 g/mol. The largest absolute Gasteiger partial charge is 1.00 e. The summed E-state index contributed by atoms with van der Waals surface area (Å²) in [5, 5.41) is 7.42. The molecule has 0 aliphatic rings. The molecule has 0 aliphatic heterocycles. The van der Waals surface area contributed by atoms with Gasteiger partial charge >= 0.3 is 18.9 Å². The van der Waals surface area contributed by atoms with Gasteiger partial charge in [-0.3, -0.25) is 4.79 Å². The Balaban J connectivity index is -0.00000000750. The zero-order chi connectivity index (χ0) is 3.58. The molecule has 1 radical (unpaired) electrons. The minimum atomic E-state index is -0.833. The summed E-state index contributed by atoms with van der Waals surface area (Å²) in [6.07, 6.45) is 0. The first-order valence-electron chi connectivity index (χ1n) is 0.928. The molecule has 1 N–H and O–H groups in total. The fourth-order valence-electron chi connectivity index (χ4n) is 0. The third-order valence-corrected chi connectivity index (χ3v) is 0. The monoisotopic (exact) mass is 181 g/mol. The van der Waals surface area contributed by atoms with Gasteiger partial charge in [0, 0.05) is 40.5 Å². The van der Waals surface area contributed by atoms with Gasteiger partial charge in [0.05, 0.1) is 0 Å². The molecule has 0 rings (SSSR count). The molecule has 0 spiro atoms. The van der Waals surface area contributed by atoms with Gasteiger partial charge in [0.1, 0.15) is 0 Å². The minimum absolute atomic E-state index is 0. The third-order valence-electron chi connectivity index (χ3n) is 0. The van der Waals surface area contributed by atoms with Crippen molar-refractivity contribution in [2.75, 3.05) is 0 Å². The van der Waals surface area contributed by atoms with Crippen LogP contribution < -0.4 is 18.9 Å². The normalized spacial score (nSPS) is 3.57. The molecule has 0 saturated heterocycles. The maximum Gasteiger partial charge on any atom is 1.00 e. The van der Waals surface area contributed by atoms with Crippen LogP contribution in [0.3, 0.4) is 0 Å². The van der Waals surface area contributed by atoms with E-state index >= 15 is 0 Å². The molecule has 0 amide bonds. The van der Waals surface area contributed by atoms with Gasteiger partial charge in [0.2, 0.25) is 0 Å². The van der Waals surface area contributed by atoms with Gasteiger partial charge in [-0.1, -0.05) is 0 Å². The Morgan fingerprint density at radius 3 is 1.71 bits per heavy atom. The molecule has 0 aliphatic carbocycles. The number of hydrogen-bond acceptors (Lipinski definition) is 1. The first-order valence-corrected chi connectivity index (χ1v) is 0.928. The molecule has 0 atom stereocenters. The van der Waals surface area contributed by atoms with E-state index in [0.717, 1.165) is 6.92 Å². The van der Waals surface area contributed by atoms with E-state index in [4.69, 9.17) is 9.90 Å². The molecule has 0 bridgehead atoms. The molecule has 0 aromatic carbocycles. The Hall–Kier alpha value is 1.08. The van der Waals surface area contributed by atoms with E-state index in [0.29, 0.717) is 0 Å². The van der Waals surface area contributed by atoms with Crippen LogP contribution in [0.4, 0.5) is 0 Å². The molecule has 43 valence electrons. The Kier molecular flexibility index (Phi) is 54.6. The van der Waals surface area contributed by atoms with Crippen molar-refractivity contribution in [3.05, 3.63) is 0 Å². The minimum Gasteiger partial charge on any atom is -1.00 e. The summed E-state index contributed by atoms with van der Waals surface area (Å²) in [5.41, 5.74) is 0. The fourth-order valence-corrected chi connectivity index (χ4v) is 0. The van der Waals surface area contributed by atoms with Crippen molar-refractivity contribution in [2.24, 2.45) is 0 Å². The summed E-state index contributed by atoms with van der Waals surface area (Å²) in [5.74, 6) is -0.833. The van der Waals surface area contributed by atoms with Crippen LogP contribution in [0.25, 0.3) is 0 Å². The van der Waals surface area contributed by atoms with Crippen molar-refractivity contribution in [3.8, 4) is 0 Å². The average Bonchev–Trinajstić information content (AvgIpc) is 0.811. The van der Waals surface area contributed by atoms with E-state index in [1.807, 2.05) is 0 Å². The van der Waals surface area contributed by atoms with Crippen molar-refractivity contribution < 1.29 is 63.7 Å². The van der Waals surface area contributed by atoms with Crippen LogP contribution in [0.2, 0.25) is 0 Å². The van der Waals surface area contributed by atoms with Crippen LogP contribution in [0.15, 0.2) is 0 Å². The van der Waals surface area contributed by atoms with Crippen LogP contribution in [-0.2, 0) is 38.4 Å². The molecule has 0 heterocycles. The maximum absolute atomic E-state index is 9.00. The van der Waals surface area contributed by atoms with Crippen LogP contribution in [0.1, 0.15) is 8.35 Å². The van der Waals surface area contributed by atoms with Gasteiger partial charge in [0.15, 0.2) is 0 Å². The van der Waals surface area contributed by atoms with Gasteiger partial charge in [0.25, 0.3) is 5.97 Å². The Morgan fingerprint density at radius 1 is 1.71 bits per heavy atom. The zero-order valence-electron chi connectivity index (χ0n) is 5.05. The van der Waals surface area contributed by atoms with E-state index in [2.05, 4.69) is 0 Å². The Labute approximate surface area is 76.5 Å². The second-order valence-corrected chi connectivity index (χ2v) is 0.519. The molecule has 0 aromatic rings. The van der Waals surface area contributed by atoms with Gasteiger partial charge in [-0.25, -0.2) is 0 Å². The topological polar surface area (TPSA) is 37.3 Å². The Morgan fingerprint density at radius 2 is 1.71 bits per heavy atom. The molecular weight excluding hydrogens is 177 g/mol. The van der Waals surface area contributed by atoms with Crippen LogP contribution in [-0.4, -0.2) is 11.1 Å². The summed E-state index contributed by atoms with van der Waals surface area (Å²) < 4.78 is 0. The predicted molar refractivity (Wildman–Crippen MR) is 14.4 cm³/mol. The molecule has 5 heteroatoms. The van der Waals surface area contributed by atoms with Crippen molar-refractivity contribution in [1.29, 1.82) is 0 Å².